The summed E-state index contributed by atoms with van der Waals surface area (Å²) >= 11 is 0. The first-order valence-electron chi connectivity index (χ1n) is 12.2. The van der Waals surface area contributed by atoms with Gasteiger partial charge < -0.3 is 20.1 Å². The first-order valence-corrected chi connectivity index (χ1v) is 12.2. The number of carbonyl (C=O) groups excluding carboxylic acids is 1. The van der Waals surface area contributed by atoms with Crippen LogP contribution in [0.2, 0.25) is 0 Å². The molecule has 4 aliphatic rings. The Morgan fingerprint density at radius 1 is 1.07 bits per heavy atom. The largest absolute Gasteiger partial charge is 0.469 e. The molecule has 4 rings (SSSR count). The van der Waals surface area contributed by atoms with E-state index in [0.717, 1.165) is 51.4 Å². The molecule has 0 amide bonds. The van der Waals surface area contributed by atoms with Crippen LogP contribution in [0.3, 0.4) is 0 Å². The van der Waals surface area contributed by atoms with E-state index in [1.165, 1.54) is 7.11 Å². The lowest BCUT2D eigenvalue weighted by Crippen LogP contribution is -2.62. The van der Waals surface area contributed by atoms with E-state index in [-0.39, 0.29) is 41.0 Å². The highest BCUT2D eigenvalue weighted by atomic mass is 16.5. The highest BCUT2D eigenvalue weighted by Crippen LogP contribution is 2.68. The zero-order chi connectivity index (χ0) is 21.8. The maximum absolute atomic E-state index is 11.7. The summed E-state index contributed by atoms with van der Waals surface area (Å²) in [5.41, 5.74) is -0.0882. The number of rotatable bonds is 4. The van der Waals surface area contributed by atoms with Gasteiger partial charge in [0.2, 0.25) is 0 Å². The molecule has 30 heavy (non-hydrogen) atoms. The van der Waals surface area contributed by atoms with E-state index in [4.69, 9.17) is 4.74 Å². The Kier molecular flexibility index (Phi) is 6.04. The second-order valence-electron chi connectivity index (χ2n) is 11.6. The number of aliphatic hydroxyl groups is 3. The van der Waals surface area contributed by atoms with Crippen LogP contribution in [0.25, 0.3) is 0 Å². The maximum Gasteiger partial charge on any atom is 0.305 e. The lowest BCUT2D eigenvalue weighted by atomic mass is 9.43. The van der Waals surface area contributed by atoms with E-state index in [0.29, 0.717) is 36.0 Å². The van der Waals surface area contributed by atoms with E-state index >= 15 is 0 Å². The lowest BCUT2D eigenvalue weighted by Gasteiger charge is -2.63. The Hall–Kier alpha value is -0.650. The minimum absolute atomic E-state index is 0.111. The number of fused-ring (bicyclic) bond motifs is 5. The van der Waals surface area contributed by atoms with Crippen LogP contribution < -0.4 is 0 Å². The quantitative estimate of drug-likeness (QED) is 0.603. The van der Waals surface area contributed by atoms with Gasteiger partial charge in [0.1, 0.15) is 0 Å². The number of methoxy groups -OCH3 is 1. The molecule has 4 aliphatic carbocycles. The van der Waals surface area contributed by atoms with Gasteiger partial charge in [-0.15, -0.1) is 0 Å². The molecule has 0 aromatic rings. The number of carbonyl (C=O) groups is 1. The average molecular weight is 423 g/mol. The molecule has 0 saturated heterocycles. The minimum Gasteiger partial charge on any atom is -0.469 e. The maximum atomic E-state index is 11.7. The van der Waals surface area contributed by atoms with E-state index in [1.54, 1.807) is 0 Å². The molecule has 4 fully saturated rings. The van der Waals surface area contributed by atoms with Crippen LogP contribution in [0, 0.1) is 46.3 Å². The molecule has 0 unspecified atom stereocenters. The molecule has 0 aromatic carbocycles. The molecule has 5 nitrogen and oxygen atoms in total. The normalized spacial score (nSPS) is 51.4. The van der Waals surface area contributed by atoms with Crippen molar-refractivity contribution in [2.45, 2.75) is 96.9 Å². The molecule has 11 atom stereocenters. The predicted octanol–water partition coefficient (Wildman–Crippen LogP) is 3.54. The molecule has 5 heteroatoms. The second kappa shape index (κ2) is 8.04. The molecule has 0 heterocycles. The van der Waals surface area contributed by atoms with Gasteiger partial charge in [-0.05, 0) is 97.7 Å². The summed E-state index contributed by atoms with van der Waals surface area (Å²) in [4.78, 5) is 11.7. The SMILES string of the molecule is COC(=O)CC[C@H](C)[C@@H]1CC[C@@H]2[C@H]3[C@H](O)C[C@H]4C[C@H](O)CC[C@]4(C)[C@H]3C[C@H](O)[C@@]21C. The van der Waals surface area contributed by atoms with Gasteiger partial charge in [0.25, 0.3) is 0 Å². The van der Waals surface area contributed by atoms with E-state index in [1.807, 2.05) is 0 Å². The van der Waals surface area contributed by atoms with Crippen molar-refractivity contribution >= 4 is 5.97 Å². The second-order valence-corrected chi connectivity index (χ2v) is 11.6. The zero-order valence-electron chi connectivity index (χ0n) is 19.2. The Balaban J connectivity index is 1.58. The first kappa shape index (κ1) is 22.5. The van der Waals surface area contributed by atoms with Gasteiger partial charge in [-0.3, -0.25) is 4.79 Å². The van der Waals surface area contributed by atoms with Crippen LogP contribution in [0.1, 0.15) is 78.6 Å². The van der Waals surface area contributed by atoms with Gasteiger partial charge >= 0.3 is 5.97 Å². The number of hydrogen-bond acceptors (Lipinski definition) is 5. The van der Waals surface area contributed by atoms with Crippen molar-refractivity contribution in [2.75, 3.05) is 7.11 Å². The number of aliphatic hydroxyl groups excluding tert-OH is 3. The van der Waals surface area contributed by atoms with Gasteiger partial charge in [-0.2, -0.15) is 0 Å². The summed E-state index contributed by atoms with van der Waals surface area (Å²) < 4.78 is 4.83. The standard InChI is InChI=1S/C25H42O5/c1-14(5-8-22(29)30-4)17-6-7-18-23-19(13-21(28)25(17,18)3)24(2)10-9-16(26)11-15(24)12-20(23)27/h14-21,23,26-28H,5-13H2,1-4H3/t14-,15+,16+,17-,18+,19-,20+,21-,23+,24-,25+/m0/s1. The fourth-order valence-corrected chi connectivity index (χ4v) is 8.78. The Bertz CT molecular complexity index is 651. The Morgan fingerprint density at radius 3 is 2.50 bits per heavy atom. The van der Waals surface area contributed by atoms with E-state index < -0.39 is 0 Å². The highest BCUT2D eigenvalue weighted by Gasteiger charge is 2.65. The minimum atomic E-state index is -0.369. The molecule has 0 bridgehead atoms. The third-order valence-electron chi connectivity index (χ3n) is 10.6. The first-order chi connectivity index (χ1) is 14.1. The Morgan fingerprint density at radius 2 is 1.80 bits per heavy atom. The highest BCUT2D eigenvalue weighted by molar-refractivity contribution is 5.69. The van der Waals surface area contributed by atoms with Crippen LogP contribution in [-0.4, -0.2) is 46.7 Å². The third kappa shape index (κ3) is 3.34. The summed E-state index contributed by atoms with van der Waals surface area (Å²) in [5, 5.41) is 33.1. The van der Waals surface area contributed by atoms with Gasteiger partial charge in [-0.1, -0.05) is 20.8 Å². The molecule has 3 N–H and O–H groups in total. The van der Waals surface area contributed by atoms with Crippen LogP contribution in [0.15, 0.2) is 0 Å². The zero-order valence-corrected chi connectivity index (χ0v) is 19.2. The van der Waals surface area contributed by atoms with E-state index in [9.17, 15) is 20.1 Å². The number of ether oxygens (including phenoxy) is 1. The summed E-state index contributed by atoms with van der Waals surface area (Å²) in [5.74, 6) is 1.81. The van der Waals surface area contributed by atoms with Gasteiger partial charge in [0, 0.05) is 6.42 Å². The molecule has 0 spiro atoms. The number of hydrogen-bond donors (Lipinski definition) is 3. The molecule has 172 valence electrons. The Labute approximate surface area is 181 Å². The monoisotopic (exact) mass is 422 g/mol. The van der Waals surface area contributed by atoms with Crippen molar-refractivity contribution in [1.29, 1.82) is 0 Å². The van der Waals surface area contributed by atoms with Crippen LogP contribution >= 0.6 is 0 Å². The molecule has 0 aliphatic heterocycles. The molecular weight excluding hydrogens is 380 g/mol. The van der Waals surface area contributed by atoms with Crippen LogP contribution in [0.5, 0.6) is 0 Å². The van der Waals surface area contributed by atoms with Crippen molar-refractivity contribution in [3.05, 3.63) is 0 Å². The molecule has 0 radical (unpaired) electrons. The lowest BCUT2D eigenvalue weighted by molar-refractivity contribution is -0.207. The summed E-state index contributed by atoms with van der Waals surface area (Å²) in [6, 6.07) is 0. The average Bonchev–Trinajstić information content (AvgIpc) is 3.06. The van der Waals surface area contributed by atoms with Crippen molar-refractivity contribution in [3.8, 4) is 0 Å². The summed E-state index contributed by atoms with van der Waals surface area (Å²) in [6.45, 7) is 6.85. The topological polar surface area (TPSA) is 87.0 Å². The van der Waals surface area contributed by atoms with Crippen molar-refractivity contribution in [1.82, 2.24) is 0 Å². The number of esters is 1. The fraction of sp³-hybridized carbons (Fsp3) is 0.960. The van der Waals surface area contributed by atoms with E-state index in [2.05, 4.69) is 20.8 Å². The van der Waals surface area contributed by atoms with Gasteiger partial charge in [0.15, 0.2) is 0 Å². The van der Waals surface area contributed by atoms with Gasteiger partial charge in [-0.25, -0.2) is 0 Å². The smallest absolute Gasteiger partial charge is 0.305 e. The van der Waals surface area contributed by atoms with Crippen molar-refractivity contribution < 1.29 is 24.9 Å². The third-order valence-corrected chi connectivity index (χ3v) is 10.6. The fourth-order valence-electron chi connectivity index (χ4n) is 8.78. The summed E-state index contributed by atoms with van der Waals surface area (Å²) in [7, 11) is 1.44. The summed E-state index contributed by atoms with van der Waals surface area (Å²) in [6.07, 6.45) is 6.60. The van der Waals surface area contributed by atoms with Crippen LogP contribution in [-0.2, 0) is 9.53 Å². The molecule has 4 saturated carbocycles. The van der Waals surface area contributed by atoms with Crippen LogP contribution in [0.4, 0.5) is 0 Å². The molecule has 0 aromatic heterocycles. The molecular formula is C25H42O5. The predicted molar refractivity (Wildman–Crippen MR) is 114 cm³/mol. The van der Waals surface area contributed by atoms with Crippen molar-refractivity contribution in [2.24, 2.45) is 46.3 Å². The van der Waals surface area contributed by atoms with Gasteiger partial charge in [0.05, 0.1) is 25.4 Å². The van der Waals surface area contributed by atoms with Crippen molar-refractivity contribution in [3.63, 3.8) is 0 Å².